The van der Waals surface area contributed by atoms with Crippen molar-refractivity contribution in [3.05, 3.63) is 65.7 Å². The molecule has 2 atom stereocenters. The molecule has 0 saturated carbocycles. The average molecular weight is 365 g/mol. The van der Waals surface area contributed by atoms with E-state index in [2.05, 4.69) is 0 Å². The summed E-state index contributed by atoms with van der Waals surface area (Å²) in [6.07, 6.45) is 0. The highest BCUT2D eigenvalue weighted by Gasteiger charge is 2.57. The lowest BCUT2D eigenvalue weighted by molar-refractivity contribution is -0.156. The van der Waals surface area contributed by atoms with Gasteiger partial charge in [-0.1, -0.05) is 61.9 Å². The van der Waals surface area contributed by atoms with Gasteiger partial charge in [0.25, 0.3) is 0 Å². The van der Waals surface area contributed by atoms with Crippen LogP contribution in [0.5, 0.6) is 0 Å². The molecule has 0 aliphatic carbocycles. The van der Waals surface area contributed by atoms with Crippen molar-refractivity contribution in [2.45, 2.75) is 26.7 Å². The van der Waals surface area contributed by atoms with Crippen LogP contribution in [-0.4, -0.2) is 24.9 Å². The maximum Gasteiger partial charge on any atom is 0.318 e. The summed E-state index contributed by atoms with van der Waals surface area (Å²) in [6.45, 7) is 5.48. The Balaban J connectivity index is 2.16. The van der Waals surface area contributed by atoms with Crippen molar-refractivity contribution in [2.75, 3.05) is 12.0 Å². The minimum atomic E-state index is -1.09. The molecule has 140 valence electrons. The van der Waals surface area contributed by atoms with Gasteiger partial charge in [0.2, 0.25) is 11.8 Å². The van der Waals surface area contributed by atoms with Gasteiger partial charge in [0.15, 0.2) is 0 Å². The highest BCUT2D eigenvalue weighted by atomic mass is 16.5. The number of hydrogen-bond donors (Lipinski definition) is 0. The summed E-state index contributed by atoms with van der Waals surface area (Å²) in [5.41, 5.74) is 1.27. The number of amides is 2. The van der Waals surface area contributed by atoms with Crippen LogP contribution in [0.4, 0.5) is 5.69 Å². The first kappa shape index (κ1) is 18.8. The third kappa shape index (κ3) is 3.14. The standard InChI is InChI=1S/C22H23NO4/c1-14-10-12-16(13-11-14)23-19(24)17(20(25)27-4)18(22(2,3)21(23)26)15-8-6-5-7-9-15/h5-13,17-18H,1-4H3/t17-,18-/m1/s1. The van der Waals surface area contributed by atoms with Crippen LogP contribution in [-0.2, 0) is 19.1 Å². The molecule has 0 spiro atoms. The molecule has 2 aromatic rings. The van der Waals surface area contributed by atoms with Crippen molar-refractivity contribution in [3.63, 3.8) is 0 Å². The van der Waals surface area contributed by atoms with Crippen LogP contribution in [0.3, 0.4) is 0 Å². The number of imide groups is 1. The molecule has 2 aromatic carbocycles. The smallest absolute Gasteiger partial charge is 0.318 e. The zero-order valence-electron chi connectivity index (χ0n) is 15.9. The minimum absolute atomic E-state index is 0.328. The molecule has 0 bridgehead atoms. The Morgan fingerprint density at radius 1 is 1.00 bits per heavy atom. The molecule has 1 aliphatic rings. The maximum absolute atomic E-state index is 13.3. The monoisotopic (exact) mass is 365 g/mol. The average Bonchev–Trinajstić information content (AvgIpc) is 2.66. The van der Waals surface area contributed by atoms with Gasteiger partial charge in [-0.3, -0.25) is 14.4 Å². The first-order valence-electron chi connectivity index (χ1n) is 8.87. The predicted molar refractivity (Wildman–Crippen MR) is 102 cm³/mol. The lowest BCUT2D eigenvalue weighted by Gasteiger charge is -2.45. The SMILES string of the molecule is COC(=O)[C@H]1C(=O)N(c2ccc(C)cc2)C(=O)C(C)(C)[C@@H]1c1ccccc1. The van der Waals surface area contributed by atoms with Gasteiger partial charge >= 0.3 is 5.97 Å². The second kappa shape index (κ2) is 6.99. The van der Waals surface area contributed by atoms with Gasteiger partial charge in [-0.05, 0) is 24.6 Å². The lowest BCUT2D eigenvalue weighted by atomic mass is 9.64. The van der Waals surface area contributed by atoms with Gasteiger partial charge in [0, 0.05) is 5.92 Å². The third-order valence-electron chi connectivity index (χ3n) is 5.26. The Bertz CT molecular complexity index is 871. The van der Waals surface area contributed by atoms with E-state index >= 15 is 0 Å². The normalized spacial score (nSPS) is 21.9. The van der Waals surface area contributed by atoms with Gasteiger partial charge < -0.3 is 4.74 Å². The first-order valence-corrected chi connectivity index (χ1v) is 8.87. The molecule has 5 nitrogen and oxygen atoms in total. The molecule has 1 heterocycles. The van der Waals surface area contributed by atoms with Gasteiger partial charge in [-0.25, -0.2) is 4.90 Å². The number of piperidine rings is 1. The van der Waals surface area contributed by atoms with E-state index < -0.39 is 29.1 Å². The largest absolute Gasteiger partial charge is 0.468 e. The number of methoxy groups -OCH3 is 1. The number of benzene rings is 2. The number of anilines is 1. The number of esters is 1. The molecule has 5 heteroatoms. The summed E-state index contributed by atoms with van der Waals surface area (Å²) in [7, 11) is 1.26. The Hall–Kier alpha value is -2.95. The van der Waals surface area contributed by atoms with E-state index in [4.69, 9.17) is 4.74 Å². The van der Waals surface area contributed by atoms with E-state index in [0.29, 0.717) is 5.69 Å². The minimum Gasteiger partial charge on any atom is -0.468 e. The van der Waals surface area contributed by atoms with Gasteiger partial charge in [0.1, 0.15) is 5.92 Å². The van der Waals surface area contributed by atoms with Crippen LogP contribution >= 0.6 is 0 Å². The zero-order valence-corrected chi connectivity index (χ0v) is 15.9. The predicted octanol–water partition coefficient (Wildman–Crippen LogP) is 3.47. The maximum atomic E-state index is 13.3. The second-order valence-corrected chi connectivity index (χ2v) is 7.43. The number of carbonyl (C=O) groups excluding carboxylic acids is 3. The van der Waals surface area contributed by atoms with Gasteiger partial charge in [0.05, 0.1) is 18.2 Å². The number of hydrogen-bond acceptors (Lipinski definition) is 4. The number of aryl methyl sites for hydroxylation is 1. The third-order valence-corrected chi connectivity index (χ3v) is 5.26. The van der Waals surface area contributed by atoms with Crippen molar-refractivity contribution in [2.24, 2.45) is 11.3 Å². The summed E-state index contributed by atoms with van der Waals surface area (Å²) in [4.78, 5) is 40.4. The van der Waals surface area contributed by atoms with Gasteiger partial charge in [-0.2, -0.15) is 0 Å². The van der Waals surface area contributed by atoms with E-state index in [-0.39, 0.29) is 5.91 Å². The van der Waals surface area contributed by atoms with E-state index in [0.717, 1.165) is 16.0 Å². The zero-order chi connectivity index (χ0) is 19.8. The fourth-order valence-electron chi connectivity index (χ4n) is 3.79. The summed E-state index contributed by atoms with van der Waals surface area (Å²) in [5, 5.41) is 0. The molecule has 3 rings (SSSR count). The Labute approximate surface area is 158 Å². The van der Waals surface area contributed by atoms with Crippen LogP contribution in [0.2, 0.25) is 0 Å². The fraction of sp³-hybridized carbons (Fsp3) is 0.318. The van der Waals surface area contributed by atoms with Crippen LogP contribution in [0, 0.1) is 18.3 Å². The quantitative estimate of drug-likeness (QED) is 0.475. The summed E-state index contributed by atoms with van der Waals surface area (Å²) in [6, 6.07) is 16.3. The van der Waals surface area contributed by atoms with Crippen molar-refractivity contribution >= 4 is 23.5 Å². The van der Waals surface area contributed by atoms with E-state index in [1.807, 2.05) is 49.4 Å². The molecular weight excluding hydrogens is 342 g/mol. The molecule has 0 unspecified atom stereocenters. The van der Waals surface area contributed by atoms with Crippen molar-refractivity contribution in [1.29, 1.82) is 0 Å². The number of ether oxygens (including phenoxy) is 1. The molecular formula is C22H23NO4. The summed E-state index contributed by atoms with van der Waals surface area (Å²) in [5.74, 6) is -3.21. The van der Waals surface area contributed by atoms with Crippen LogP contribution in [0.15, 0.2) is 54.6 Å². The molecule has 27 heavy (non-hydrogen) atoms. The summed E-state index contributed by atoms with van der Waals surface area (Å²) < 4.78 is 4.95. The Morgan fingerprint density at radius 3 is 2.15 bits per heavy atom. The number of nitrogens with zero attached hydrogens (tertiary/aromatic N) is 1. The molecule has 0 radical (unpaired) electrons. The van der Waals surface area contributed by atoms with Crippen LogP contribution in [0.25, 0.3) is 0 Å². The van der Waals surface area contributed by atoms with E-state index in [9.17, 15) is 14.4 Å². The van der Waals surface area contributed by atoms with Crippen molar-refractivity contribution in [1.82, 2.24) is 0 Å². The molecule has 1 fully saturated rings. The first-order chi connectivity index (χ1) is 12.8. The van der Waals surface area contributed by atoms with E-state index in [1.54, 1.807) is 26.0 Å². The Kier molecular flexibility index (Phi) is 4.87. The van der Waals surface area contributed by atoms with Crippen molar-refractivity contribution < 1.29 is 19.1 Å². The highest BCUT2D eigenvalue weighted by Crippen LogP contribution is 2.48. The second-order valence-electron chi connectivity index (χ2n) is 7.43. The van der Waals surface area contributed by atoms with Crippen molar-refractivity contribution in [3.8, 4) is 0 Å². The lowest BCUT2D eigenvalue weighted by Crippen LogP contribution is -2.59. The van der Waals surface area contributed by atoms with E-state index in [1.165, 1.54) is 7.11 Å². The highest BCUT2D eigenvalue weighted by molar-refractivity contribution is 6.24. The van der Waals surface area contributed by atoms with Crippen LogP contribution < -0.4 is 4.90 Å². The molecule has 1 saturated heterocycles. The molecule has 0 N–H and O–H groups in total. The molecule has 1 aliphatic heterocycles. The topological polar surface area (TPSA) is 63.7 Å². The molecule has 2 amide bonds. The Morgan fingerprint density at radius 2 is 1.59 bits per heavy atom. The fourth-order valence-corrected chi connectivity index (χ4v) is 3.79. The number of carbonyl (C=O) groups is 3. The van der Waals surface area contributed by atoms with Gasteiger partial charge in [-0.15, -0.1) is 0 Å². The summed E-state index contributed by atoms with van der Waals surface area (Å²) >= 11 is 0. The van der Waals surface area contributed by atoms with Crippen LogP contribution in [0.1, 0.15) is 30.9 Å². The molecule has 0 aromatic heterocycles. The number of rotatable bonds is 3.